The summed E-state index contributed by atoms with van der Waals surface area (Å²) in [4.78, 5) is 34.2. The largest absolute Gasteiger partial charge is 0.342 e. The van der Waals surface area contributed by atoms with Gasteiger partial charge in [-0.3, -0.25) is 19.9 Å². The number of carbonyl (C=O) groups excluding carboxylic acids is 2. The molecule has 1 aromatic rings. The first-order valence-electron chi connectivity index (χ1n) is 11.1. The molecule has 0 bridgehead atoms. The van der Waals surface area contributed by atoms with Crippen LogP contribution in [0.25, 0.3) is 0 Å². The maximum absolute atomic E-state index is 13.3. The summed E-state index contributed by atoms with van der Waals surface area (Å²) in [6.45, 7) is 10.6. The molecule has 6 heteroatoms. The van der Waals surface area contributed by atoms with Gasteiger partial charge in [0, 0.05) is 57.2 Å². The molecule has 1 aromatic heterocycles. The third-order valence-corrected chi connectivity index (χ3v) is 6.07. The number of pyridine rings is 1. The van der Waals surface area contributed by atoms with Crippen LogP contribution in [0.2, 0.25) is 0 Å². The van der Waals surface area contributed by atoms with Crippen molar-refractivity contribution in [2.45, 2.75) is 71.5 Å². The monoisotopic (exact) mass is 400 g/mol. The molecule has 29 heavy (non-hydrogen) atoms. The van der Waals surface area contributed by atoms with E-state index < -0.39 is 0 Å². The molecule has 0 unspecified atom stereocenters. The molecule has 3 rings (SSSR count). The van der Waals surface area contributed by atoms with Gasteiger partial charge in [-0.05, 0) is 30.4 Å². The van der Waals surface area contributed by atoms with Gasteiger partial charge in [0.25, 0.3) is 0 Å². The Hall–Kier alpha value is -1.95. The highest BCUT2D eigenvalue weighted by molar-refractivity contribution is 5.85. The van der Waals surface area contributed by atoms with Gasteiger partial charge in [-0.1, -0.05) is 33.8 Å². The number of nitrogens with one attached hydrogen (secondary N) is 1. The van der Waals surface area contributed by atoms with Crippen molar-refractivity contribution in [3.8, 4) is 0 Å². The van der Waals surface area contributed by atoms with Crippen LogP contribution in [0.4, 0.5) is 0 Å². The predicted molar refractivity (Wildman–Crippen MR) is 114 cm³/mol. The van der Waals surface area contributed by atoms with E-state index in [1.54, 1.807) is 6.20 Å². The first-order valence-corrected chi connectivity index (χ1v) is 11.1. The first kappa shape index (κ1) is 21.8. The van der Waals surface area contributed by atoms with Gasteiger partial charge in [-0.25, -0.2) is 0 Å². The molecule has 2 saturated heterocycles. The van der Waals surface area contributed by atoms with E-state index in [9.17, 15) is 9.59 Å². The van der Waals surface area contributed by atoms with Gasteiger partial charge >= 0.3 is 0 Å². The minimum absolute atomic E-state index is 0.128. The Balaban J connectivity index is 1.71. The van der Waals surface area contributed by atoms with Crippen LogP contribution in [0.15, 0.2) is 24.4 Å². The average molecular weight is 401 g/mol. The highest BCUT2D eigenvalue weighted by Gasteiger charge is 2.51. The van der Waals surface area contributed by atoms with E-state index in [4.69, 9.17) is 0 Å². The summed E-state index contributed by atoms with van der Waals surface area (Å²) in [7, 11) is 0. The number of amides is 2. The van der Waals surface area contributed by atoms with Crippen LogP contribution >= 0.6 is 0 Å². The minimum atomic E-state index is -0.333. The van der Waals surface area contributed by atoms with E-state index in [1.807, 2.05) is 23.1 Å². The lowest BCUT2D eigenvalue weighted by Crippen LogP contribution is -2.60. The Labute approximate surface area is 175 Å². The minimum Gasteiger partial charge on any atom is -0.342 e. The summed E-state index contributed by atoms with van der Waals surface area (Å²) in [5.41, 5.74) is 0.673. The van der Waals surface area contributed by atoms with Crippen LogP contribution in [0.1, 0.15) is 59.1 Å². The van der Waals surface area contributed by atoms with Crippen LogP contribution < -0.4 is 5.32 Å². The van der Waals surface area contributed by atoms with Crippen LogP contribution in [0.3, 0.4) is 0 Å². The lowest BCUT2D eigenvalue weighted by Gasteiger charge is -2.45. The van der Waals surface area contributed by atoms with E-state index >= 15 is 0 Å². The van der Waals surface area contributed by atoms with Gasteiger partial charge in [0.1, 0.15) is 0 Å². The van der Waals surface area contributed by atoms with Crippen LogP contribution in [0, 0.1) is 11.8 Å². The Morgan fingerprint density at radius 1 is 1.21 bits per heavy atom. The van der Waals surface area contributed by atoms with Gasteiger partial charge in [-0.2, -0.15) is 0 Å². The molecule has 2 aliphatic rings. The van der Waals surface area contributed by atoms with Crippen molar-refractivity contribution in [2.75, 3.05) is 19.6 Å². The number of aromatic nitrogens is 1. The number of hydrogen-bond donors (Lipinski definition) is 1. The van der Waals surface area contributed by atoms with Crippen molar-refractivity contribution in [1.82, 2.24) is 20.1 Å². The molecule has 2 amide bonds. The molecule has 160 valence electrons. The summed E-state index contributed by atoms with van der Waals surface area (Å²) in [6, 6.07) is 5.79. The summed E-state index contributed by atoms with van der Waals surface area (Å²) in [5.74, 6) is 1.27. The highest BCUT2D eigenvalue weighted by atomic mass is 16.2. The highest BCUT2D eigenvalue weighted by Crippen LogP contribution is 2.34. The molecule has 1 N–H and O–H groups in total. The third kappa shape index (κ3) is 5.16. The van der Waals surface area contributed by atoms with Crippen molar-refractivity contribution < 1.29 is 9.59 Å². The molecule has 2 aliphatic heterocycles. The molecule has 6 nitrogen and oxygen atoms in total. The summed E-state index contributed by atoms with van der Waals surface area (Å²) >= 11 is 0. The zero-order valence-electron chi connectivity index (χ0n) is 18.4. The molecule has 2 fully saturated rings. The fraction of sp³-hybridized carbons (Fsp3) is 0.696. The Bertz CT molecular complexity index is 696. The van der Waals surface area contributed by atoms with E-state index in [1.165, 1.54) is 0 Å². The van der Waals surface area contributed by atoms with Crippen LogP contribution in [0.5, 0.6) is 0 Å². The average Bonchev–Trinajstić information content (AvgIpc) is 2.91. The summed E-state index contributed by atoms with van der Waals surface area (Å²) in [6.07, 6.45) is 5.57. The number of nitrogens with zero attached hydrogens (tertiary/aromatic N) is 3. The van der Waals surface area contributed by atoms with E-state index in [-0.39, 0.29) is 23.5 Å². The molecular formula is C23H36N4O2. The smallest absolute Gasteiger partial charge is 0.241 e. The maximum atomic E-state index is 13.3. The Kier molecular flexibility index (Phi) is 6.93. The van der Waals surface area contributed by atoms with E-state index in [2.05, 4.69) is 42.9 Å². The number of likely N-dealkylation sites (tertiary alicyclic amines) is 1. The lowest BCUT2D eigenvalue weighted by atomic mass is 9.94. The van der Waals surface area contributed by atoms with Crippen molar-refractivity contribution in [3.05, 3.63) is 30.1 Å². The van der Waals surface area contributed by atoms with Crippen LogP contribution in [-0.4, -0.2) is 57.9 Å². The molecule has 1 atom stereocenters. The van der Waals surface area contributed by atoms with Crippen molar-refractivity contribution in [3.63, 3.8) is 0 Å². The zero-order valence-corrected chi connectivity index (χ0v) is 18.4. The predicted octanol–water partition coefficient (Wildman–Crippen LogP) is 2.84. The first-order chi connectivity index (χ1) is 13.8. The summed E-state index contributed by atoms with van der Waals surface area (Å²) in [5, 5.41) is 3.69. The molecular weight excluding hydrogens is 364 g/mol. The fourth-order valence-electron chi connectivity index (χ4n) is 4.61. The van der Waals surface area contributed by atoms with Crippen molar-refractivity contribution in [2.24, 2.45) is 11.8 Å². The quantitative estimate of drug-likeness (QED) is 0.764. The molecule has 0 aliphatic carbocycles. The maximum Gasteiger partial charge on any atom is 0.241 e. The van der Waals surface area contributed by atoms with Gasteiger partial charge < -0.3 is 9.80 Å². The number of hydrogen-bond acceptors (Lipinski definition) is 4. The Morgan fingerprint density at radius 2 is 1.93 bits per heavy atom. The number of piperidine rings is 1. The third-order valence-electron chi connectivity index (χ3n) is 6.07. The van der Waals surface area contributed by atoms with E-state index in [0.717, 1.165) is 31.4 Å². The standard InChI is InChI=1S/C23H36N4O2/c1-17(2)15-20-22(29)27(12-8-19-7-5-6-11-24-19)23(25-20)9-13-26(14-10-23)21(28)16-18(3)4/h5-7,11,17-18,20,25H,8-10,12-16H2,1-4H3/t20-/m1/s1. The van der Waals surface area contributed by atoms with Gasteiger partial charge in [0.05, 0.1) is 11.7 Å². The second kappa shape index (κ2) is 9.24. The molecule has 0 saturated carbocycles. The normalized spacial score (nSPS) is 21.6. The molecule has 0 aromatic carbocycles. The molecule has 0 radical (unpaired) electrons. The molecule has 1 spiro atoms. The zero-order chi connectivity index (χ0) is 21.0. The van der Waals surface area contributed by atoms with Crippen LogP contribution in [-0.2, 0) is 16.0 Å². The fourth-order valence-corrected chi connectivity index (χ4v) is 4.61. The second-order valence-corrected chi connectivity index (χ2v) is 9.40. The van der Waals surface area contributed by atoms with Gasteiger partial charge in [0.15, 0.2) is 0 Å². The van der Waals surface area contributed by atoms with Gasteiger partial charge in [0.2, 0.25) is 11.8 Å². The Morgan fingerprint density at radius 3 is 2.52 bits per heavy atom. The molecule has 3 heterocycles. The number of rotatable bonds is 7. The topological polar surface area (TPSA) is 65.5 Å². The van der Waals surface area contributed by atoms with E-state index in [0.29, 0.717) is 37.9 Å². The van der Waals surface area contributed by atoms with Gasteiger partial charge in [-0.15, -0.1) is 0 Å². The SMILES string of the molecule is CC(C)CC(=O)N1CCC2(CC1)N[C@H](CC(C)C)C(=O)N2CCc1ccccn1. The van der Waals surface area contributed by atoms with Crippen molar-refractivity contribution >= 4 is 11.8 Å². The lowest BCUT2D eigenvalue weighted by molar-refractivity contribution is -0.137. The van der Waals surface area contributed by atoms with Crippen molar-refractivity contribution in [1.29, 1.82) is 0 Å². The number of carbonyl (C=O) groups is 2. The second-order valence-electron chi connectivity index (χ2n) is 9.40. The summed E-state index contributed by atoms with van der Waals surface area (Å²) < 4.78 is 0.